The molecule has 2 unspecified atom stereocenters. The molecule has 1 N–H and O–H groups in total. The highest BCUT2D eigenvalue weighted by atomic mass is 15.3. The fourth-order valence-corrected chi connectivity index (χ4v) is 4.23. The van der Waals surface area contributed by atoms with Crippen LogP contribution in [0.2, 0.25) is 0 Å². The molecule has 0 aromatic rings. The lowest BCUT2D eigenvalue weighted by atomic mass is 9.82. The number of piperidine rings is 3. The van der Waals surface area contributed by atoms with Gasteiger partial charge in [0.1, 0.15) is 0 Å². The Morgan fingerprint density at radius 3 is 2.50 bits per heavy atom. The molecule has 0 aromatic heterocycles. The largest absolute Gasteiger partial charge is 0.311 e. The number of nitrogens with one attached hydrogen (secondary N) is 1. The Bertz CT molecular complexity index is 271. The summed E-state index contributed by atoms with van der Waals surface area (Å²) in [5, 5.41) is 3.71. The van der Waals surface area contributed by atoms with Crippen molar-refractivity contribution in [1.82, 2.24) is 15.1 Å². The van der Waals surface area contributed by atoms with E-state index in [-0.39, 0.29) is 0 Å². The molecule has 4 rings (SSSR count). The molecule has 18 heavy (non-hydrogen) atoms. The van der Waals surface area contributed by atoms with Crippen molar-refractivity contribution < 1.29 is 0 Å². The van der Waals surface area contributed by atoms with Gasteiger partial charge in [0.15, 0.2) is 0 Å². The molecule has 0 aromatic carbocycles. The van der Waals surface area contributed by atoms with Crippen molar-refractivity contribution in [2.75, 3.05) is 39.3 Å². The summed E-state index contributed by atoms with van der Waals surface area (Å²) < 4.78 is 0. The van der Waals surface area contributed by atoms with Crippen LogP contribution in [0.5, 0.6) is 0 Å². The smallest absolute Gasteiger partial charge is 0.0253 e. The average Bonchev–Trinajstić information content (AvgIpc) is 2.39. The Kier molecular flexibility index (Phi) is 3.92. The summed E-state index contributed by atoms with van der Waals surface area (Å²) in [4.78, 5) is 5.49. The van der Waals surface area contributed by atoms with Crippen molar-refractivity contribution in [1.29, 1.82) is 0 Å². The normalized spacial score (nSPS) is 41.5. The van der Waals surface area contributed by atoms with Crippen LogP contribution in [0.3, 0.4) is 0 Å². The van der Waals surface area contributed by atoms with Gasteiger partial charge in [-0.15, -0.1) is 0 Å². The van der Waals surface area contributed by atoms with Gasteiger partial charge in [0.2, 0.25) is 0 Å². The summed E-state index contributed by atoms with van der Waals surface area (Å²) in [5.41, 5.74) is 0. The SMILES string of the molecule is CC(C)CC1CN(C2CN3CCC2CC3)CCN1. The lowest BCUT2D eigenvalue weighted by Crippen LogP contribution is -2.62. The van der Waals surface area contributed by atoms with E-state index in [2.05, 4.69) is 29.0 Å². The number of hydrogen-bond donors (Lipinski definition) is 1. The Balaban J connectivity index is 1.58. The second kappa shape index (κ2) is 5.48. The second-order valence-electron chi connectivity index (χ2n) is 6.98. The van der Waals surface area contributed by atoms with Gasteiger partial charge in [-0.2, -0.15) is 0 Å². The highest BCUT2D eigenvalue weighted by molar-refractivity contribution is 4.95. The maximum atomic E-state index is 3.71. The van der Waals surface area contributed by atoms with Gasteiger partial charge in [-0.1, -0.05) is 13.8 Å². The molecule has 4 fully saturated rings. The molecule has 2 atom stereocenters. The molecule has 4 saturated heterocycles. The van der Waals surface area contributed by atoms with E-state index < -0.39 is 0 Å². The third kappa shape index (κ3) is 2.73. The van der Waals surface area contributed by atoms with Gasteiger partial charge in [-0.3, -0.25) is 4.90 Å². The lowest BCUT2D eigenvalue weighted by Gasteiger charge is -2.51. The van der Waals surface area contributed by atoms with Crippen molar-refractivity contribution in [3.63, 3.8) is 0 Å². The molecule has 0 spiro atoms. The molecule has 0 amide bonds. The maximum Gasteiger partial charge on any atom is 0.0253 e. The van der Waals surface area contributed by atoms with Crippen LogP contribution < -0.4 is 5.32 Å². The molecule has 4 heterocycles. The Morgan fingerprint density at radius 2 is 1.89 bits per heavy atom. The van der Waals surface area contributed by atoms with Crippen LogP contribution in [0.4, 0.5) is 0 Å². The number of nitrogens with zero attached hydrogens (tertiary/aromatic N) is 2. The van der Waals surface area contributed by atoms with E-state index in [1.807, 2.05) is 0 Å². The van der Waals surface area contributed by atoms with Crippen LogP contribution in [0.1, 0.15) is 33.1 Å². The van der Waals surface area contributed by atoms with Gasteiger partial charge in [0.05, 0.1) is 0 Å². The fraction of sp³-hybridized carbons (Fsp3) is 1.00. The third-order valence-electron chi connectivity index (χ3n) is 5.13. The highest BCUT2D eigenvalue weighted by Gasteiger charge is 2.38. The van der Waals surface area contributed by atoms with Gasteiger partial charge in [-0.05, 0) is 44.2 Å². The van der Waals surface area contributed by atoms with E-state index in [1.54, 1.807) is 0 Å². The maximum absolute atomic E-state index is 3.71. The van der Waals surface area contributed by atoms with Crippen LogP contribution in [-0.2, 0) is 0 Å². The molecule has 3 nitrogen and oxygen atoms in total. The lowest BCUT2D eigenvalue weighted by molar-refractivity contribution is -0.00752. The Labute approximate surface area is 112 Å². The Morgan fingerprint density at radius 1 is 1.11 bits per heavy atom. The van der Waals surface area contributed by atoms with E-state index in [0.717, 1.165) is 23.9 Å². The molecule has 4 aliphatic rings. The van der Waals surface area contributed by atoms with Gasteiger partial charge >= 0.3 is 0 Å². The van der Waals surface area contributed by atoms with E-state index in [0.29, 0.717) is 0 Å². The second-order valence-corrected chi connectivity index (χ2v) is 6.98. The van der Waals surface area contributed by atoms with Crippen molar-refractivity contribution in [2.45, 2.75) is 45.2 Å². The molecule has 3 heteroatoms. The molecule has 4 aliphatic heterocycles. The van der Waals surface area contributed by atoms with Gasteiger partial charge in [0.25, 0.3) is 0 Å². The Hall–Kier alpha value is -0.120. The number of rotatable bonds is 3. The predicted octanol–water partition coefficient (Wildman–Crippen LogP) is 1.40. The first kappa shape index (κ1) is 12.9. The molecule has 2 bridgehead atoms. The van der Waals surface area contributed by atoms with Crippen molar-refractivity contribution in [3.8, 4) is 0 Å². The summed E-state index contributed by atoms with van der Waals surface area (Å²) in [7, 11) is 0. The van der Waals surface area contributed by atoms with Crippen LogP contribution >= 0.6 is 0 Å². The summed E-state index contributed by atoms with van der Waals surface area (Å²) in [6, 6.07) is 1.60. The topological polar surface area (TPSA) is 18.5 Å². The zero-order valence-corrected chi connectivity index (χ0v) is 12.1. The summed E-state index contributed by atoms with van der Waals surface area (Å²) in [5.74, 6) is 1.81. The van der Waals surface area contributed by atoms with Gasteiger partial charge < -0.3 is 10.2 Å². The van der Waals surface area contributed by atoms with Crippen molar-refractivity contribution in [2.24, 2.45) is 11.8 Å². The summed E-state index contributed by atoms with van der Waals surface area (Å²) in [6.45, 7) is 12.5. The van der Waals surface area contributed by atoms with Crippen LogP contribution in [0, 0.1) is 11.8 Å². The van der Waals surface area contributed by atoms with Gasteiger partial charge in [0, 0.05) is 38.3 Å². The monoisotopic (exact) mass is 251 g/mol. The molecular formula is C15H29N3. The number of hydrogen-bond acceptors (Lipinski definition) is 3. The molecule has 0 saturated carbocycles. The van der Waals surface area contributed by atoms with Crippen LogP contribution in [0.25, 0.3) is 0 Å². The van der Waals surface area contributed by atoms with E-state index >= 15 is 0 Å². The average molecular weight is 251 g/mol. The molecule has 0 radical (unpaired) electrons. The minimum absolute atomic E-state index is 0.731. The minimum Gasteiger partial charge on any atom is -0.311 e. The first-order chi connectivity index (χ1) is 8.72. The first-order valence-corrected chi connectivity index (χ1v) is 7.92. The van der Waals surface area contributed by atoms with E-state index in [9.17, 15) is 0 Å². The number of piperazine rings is 1. The molecule has 104 valence electrons. The summed E-state index contributed by atoms with van der Waals surface area (Å²) in [6.07, 6.45) is 4.23. The van der Waals surface area contributed by atoms with Crippen LogP contribution in [-0.4, -0.2) is 61.2 Å². The van der Waals surface area contributed by atoms with Crippen molar-refractivity contribution >= 4 is 0 Å². The fourth-order valence-electron chi connectivity index (χ4n) is 4.23. The summed E-state index contributed by atoms with van der Waals surface area (Å²) >= 11 is 0. The van der Waals surface area contributed by atoms with Crippen LogP contribution in [0.15, 0.2) is 0 Å². The van der Waals surface area contributed by atoms with E-state index in [4.69, 9.17) is 0 Å². The third-order valence-corrected chi connectivity index (χ3v) is 5.13. The quantitative estimate of drug-likeness (QED) is 0.818. The predicted molar refractivity (Wildman–Crippen MR) is 75.8 cm³/mol. The standard InChI is InChI=1S/C15H29N3/c1-12(2)9-14-10-18(8-5-16-14)15-11-17-6-3-13(15)4-7-17/h12-16H,3-11H2,1-2H3. The zero-order chi connectivity index (χ0) is 12.5. The van der Waals surface area contributed by atoms with Gasteiger partial charge in [-0.25, -0.2) is 0 Å². The van der Waals surface area contributed by atoms with E-state index in [1.165, 1.54) is 58.5 Å². The highest BCUT2D eigenvalue weighted by Crippen LogP contribution is 2.31. The minimum atomic E-state index is 0.731. The van der Waals surface area contributed by atoms with Crippen molar-refractivity contribution in [3.05, 3.63) is 0 Å². The first-order valence-electron chi connectivity index (χ1n) is 7.92. The zero-order valence-electron chi connectivity index (χ0n) is 12.1. The molecule has 0 aliphatic carbocycles. The molecular weight excluding hydrogens is 222 g/mol. The number of fused-ring (bicyclic) bond motifs is 3.